The van der Waals surface area contributed by atoms with Gasteiger partial charge in [-0.15, -0.1) is 0 Å². The van der Waals surface area contributed by atoms with Crippen LogP contribution in [-0.4, -0.2) is 23.7 Å². The second-order valence-electron chi connectivity index (χ2n) is 4.36. The minimum Gasteiger partial charge on any atom is -0.478 e. The Morgan fingerprint density at radius 3 is 3.00 bits per heavy atom. The molecule has 2 N–H and O–H groups in total. The topological polar surface area (TPSA) is 49.3 Å². The molecule has 1 atom stereocenters. The molecular weight excluding hydrogens is 202 g/mol. The molecule has 1 saturated heterocycles. The molecule has 86 valence electrons. The molecule has 2 rings (SSSR count). The highest BCUT2D eigenvalue weighted by atomic mass is 16.4. The molecule has 1 aliphatic heterocycles. The average Bonchev–Trinajstić information content (AvgIpc) is 2.30. The predicted molar refractivity (Wildman–Crippen MR) is 62.7 cm³/mol. The monoisotopic (exact) mass is 219 g/mol. The Bertz CT molecular complexity index is 370. The maximum atomic E-state index is 10.8. The molecule has 0 saturated carbocycles. The predicted octanol–water partition coefficient (Wildman–Crippen LogP) is 2.07. The van der Waals surface area contributed by atoms with Crippen molar-refractivity contribution in [1.82, 2.24) is 5.32 Å². The van der Waals surface area contributed by atoms with E-state index in [4.69, 9.17) is 5.11 Å². The molecule has 1 aliphatic rings. The number of carboxylic acids is 1. The second kappa shape index (κ2) is 5.12. The van der Waals surface area contributed by atoms with Crippen molar-refractivity contribution >= 4 is 5.97 Å². The Morgan fingerprint density at radius 2 is 2.31 bits per heavy atom. The fraction of sp³-hybridized carbons (Fsp3) is 0.462. The van der Waals surface area contributed by atoms with Gasteiger partial charge in [-0.2, -0.15) is 0 Å². The highest BCUT2D eigenvalue weighted by Crippen LogP contribution is 2.14. The first-order chi connectivity index (χ1) is 7.75. The van der Waals surface area contributed by atoms with Gasteiger partial charge in [0, 0.05) is 6.04 Å². The van der Waals surface area contributed by atoms with Crippen molar-refractivity contribution in [3.63, 3.8) is 0 Å². The van der Waals surface area contributed by atoms with Crippen molar-refractivity contribution in [2.45, 2.75) is 31.7 Å². The first-order valence-electron chi connectivity index (χ1n) is 5.81. The molecule has 1 heterocycles. The van der Waals surface area contributed by atoms with Crippen LogP contribution in [0.2, 0.25) is 0 Å². The maximum absolute atomic E-state index is 10.8. The highest BCUT2D eigenvalue weighted by Gasteiger charge is 2.13. The number of hydrogen-bond donors (Lipinski definition) is 2. The number of benzene rings is 1. The van der Waals surface area contributed by atoms with Crippen LogP contribution in [0.25, 0.3) is 0 Å². The molecule has 1 aromatic carbocycles. The Kier molecular flexibility index (Phi) is 3.57. The number of rotatable bonds is 3. The van der Waals surface area contributed by atoms with Gasteiger partial charge in [-0.1, -0.05) is 18.6 Å². The minimum absolute atomic E-state index is 0.383. The molecule has 3 heteroatoms. The lowest BCUT2D eigenvalue weighted by Gasteiger charge is -2.23. The molecule has 0 bridgehead atoms. The Labute approximate surface area is 95.5 Å². The van der Waals surface area contributed by atoms with Crippen LogP contribution in [0.4, 0.5) is 0 Å². The zero-order chi connectivity index (χ0) is 11.4. The zero-order valence-electron chi connectivity index (χ0n) is 9.28. The quantitative estimate of drug-likeness (QED) is 0.818. The van der Waals surface area contributed by atoms with Crippen LogP contribution >= 0.6 is 0 Å². The number of piperidine rings is 1. The van der Waals surface area contributed by atoms with Crippen molar-refractivity contribution in [2.75, 3.05) is 6.54 Å². The van der Waals surface area contributed by atoms with Crippen LogP contribution in [0.5, 0.6) is 0 Å². The van der Waals surface area contributed by atoms with Crippen molar-refractivity contribution in [1.29, 1.82) is 0 Å². The van der Waals surface area contributed by atoms with Crippen LogP contribution in [0.3, 0.4) is 0 Å². The van der Waals surface area contributed by atoms with E-state index in [0.717, 1.165) is 18.5 Å². The summed E-state index contributed by atoms with van der Waals surface area (Å²) in [6.45, 7) is 1.09. The molecule has 0 aromatic heterocycles. The first kappa shape index (κ1) is 11.1. The number of carbonyl (C=O) groups is 1. The lowest BCUT2D eigenvalue weighted by molar-refractivity contribution is 0.0696. The van der Waals surface area contributed by atoms with Gasteiger partial charge in [-0.3, -0.25) is 0 Å². The van der Waals surface area contributed by atoms with Crippen molar-refractivity contribution in [3.05, 3.63) is 35.4 Å². The molecule has 0 spiro atoms. The van der Waals surface area contributed by atoms with Crippen LogP contribution in [-0.2, 0) is 6.42 Å². The fourth-order valence-corrected chi connectivity index (χ4v) is 2.21. The van der Waals surface area contributed by atoms with E-state index in [-0.39, 0.29) is 0 Å². The molecule has 1 aromatic rings. The summed E-state index contributed by atoms with van der Waals surface area (Å²) in [5, 5.41) is 12.4. The lowest BCUT2D eigenvalue weighted by Crippen LogP contribution is -2.35. The standard InChI is InChI=1S/C13H17NO2/c15-13(16)11-5-3-4-10(8-11)9-12-6-1-2-7-14-12/h3-5,8,12,14H,1-2,6-7,9H2,(H,15,16). The molecule has 1 unspecified atom stereocenters. The van der Waals surface area contributed by atoms with Crippen molar-refractivity contribution in [2.24, 2.45) is 0 Å². The summed E-state index contributed by atoms with van der Waals surface area (Å²) in [5.74, 6) is -0.849. The van der Waals surface area contributed by atoms with E-state index >= 15 is 0 Å². The van der Waals surface area contributed by atoms with Gasteiger partial charge in [-0.25, -0.2) is 4.79 Å². The Balaban J connectivity index is 2.02. The smallest absolute Gasteiger partial charge is 0.335 e. The fourth-order valence-electron chi connectivity index (χ4n) is 2.21. The van der Waals surface area contributed by atoms with Gasteiger partial charge in [0.2, 0.25) is 0 Å². The third-order valence-electron chi connectivity index (χ3n) is 3.07. The third kappa shape index (κ3) is 2.83. The summed E-state index contributed by atoms with van der Waals surface area (Å²) < 4.78 is 0. The largest absolute Gasteiger partial charge is 0.478 e. The molecule has 3 nitrogen and oxygen atoms in total. The Morgan fingerprint density at radius 1 is 1.44 bits per heavy atom. The van der Waals surface area contributed by atoms with Crippen LogP contribution in [0, 0.1) is 0 Å². The number of nitrogens with one attached hydrogen (secondary N) is 1. The molecule has 1 fully saturated rings. The summed E-state index contributed by atoms with van der Waals surface area (Å²) >= 11 is 0. The van der Waals surface area contributed by atoms with Gasteiger partial charge in [0.1, 0.15) is 0 Å². The SMILES string of the molecule is O=C(O)c1cccc(CC2CCCCN2)c1. The zero-order valence-corrected chi connectivity index (χ0v) is 9.28. The summed E-state index contributed by atoms with van der Waals surface area (Å²) in [4.78, 5) is 10.8. The van der Waals surface area contributed by atoms with E-state index < -0.39 is 5.97 Å². The highest BCUT2D eigenvalue weighted by molar-refractivity contribution is 5.87. The van der Waals surface area contributed by atoms with Gasteiger partial charge < -0.3 is 10.4 Å². The number of hydrogen-bond acceptors (Lipinski definition) is 2. The molecular formula is C13H17NO2. The van der Waals surface area contributed by atoms with Crippen molar-refractivity contribution in [3.8, 4) is 0 Å². The molecule has 0 amide bonds. The molecule has 16 heavy (non-hydrogen) atoms. The van der Waals surface area contributed by atoms with E-state index in [9.17, 15) is 4.79 Å². The van der Waals surface area contributed by atoms with Gasteiger partial charge in [-0.05, 0) is 43.5 Å². The number of carboxylic acid groups (broad SMARTS) is 1. The Hall–Kier alpha value is -1.35. The van der Waals surface area contributed by atoms with Gasteiger partial charge in [0.25, 0.3) is 0 Å². The average molecular weight is 219 g/mol. The van der Waals surface area contributed by atoms with E-state index in [2.05, 4.69) is 5.32 Å². The van der Waals surface area contributed by atoms with E-state index in [1.54, 1.807) is 12.1 Å². The summed E-state index contributed by atoms with van der Waals surface area (Å²) in [6, 6.07) is 7.75. The molecule has 0 aliphatic carbocycles. The van der Waals surface area contributed by atoms with E-state index in [0.29, 0.717) is 11.6 Å². The van der Waals surface area contributed by atoms with Crippen LogP contribution < -0.4 is 5.32 Å². The van der Waals surface area contributed by atoms with Gasteiger partial charge in [0.05, 0.1) is 5.56 Å². The number of aromatic carboxylic acids is 1. The summed E-state index contributed by atoms with van der Waals surface area (Å²) in [7, 11) is 0. The normalized spacial score (nSPS) is 20.6. The molecule has 0 radical (unpaired) electrons. The van der Waals surface area contributed by atoms with Gasteiger partial charge >= 0.3 is 5.97 Å². The van der Waals surface area contributed by atoms with Crippen LogP contribution in [0.15, 0.2) is 24.3 Å². The van der Waals surface area contributed by atoms with E-state index in [1.807, 2.05) is 12.1 Å². The lowest BCUT2D eigenvalue weighted by atomic mass is 9.97. The summed E-state index contributed by atoms with van der Waals surface area (Å²) in [6.07, 6.45) is 4.65. The maximum Gasteiger partial charge on any atom is 0.335 e. The minimum atomic E-state index is -0.849. The van der Waals surface area contributed by atoms with Gasteiger partial charge in [0.15, 0.2) is 0 Å². The van der Waals surface area contributed by atoms with Crippen LogP contribution in [0.1, 0.15) is 35.2 Å². The van der Waals surface area contributed by atoms with E-state index in [1.165, 1.54) is 19.3 Å². The second-order valence-corrected chi connectivity index (χ2v) is 4.36. The van der Waals surface area contributed by atoms with Crippen molar-refractivity contribution < 1.29 is 9.90 Å². The summed E-state index contributed by atoms with van der Waals surface area (Å²) in [5.41, 5.74) is 1.49. The first-order valence-corrected chi connectivity index (χ1v) is 5.81. The third-order valence-corrected chi connectivity index (χ3v) is 3.07.